The molecule has 5 rings (SSSR count). The van der Waals surface area contributed by atoms with Gasteiger partial charge in [0.2, 0.25) is 0 Å². The van der Waals surface area contributed by atoms with E-state index in [1.54, 1.807) is 22.8 Å². The lowest BCUT2D eigenvalue weighted by Crippen LogP contribution is -2.35. The second kappa shape index (κ2) is 9.17. The molecule has 33 heavy (non-hydrogen) atoms. The van der Waals surface area contributed by atoms with Crippen molar-refractivity contribution < 1.29 is 13.9 Å². The third-order valence-corrected chi connectivity index (χ3v) is 6.09. The first-order valence-electron chi connectivity index (χ1n) is 11.2. The lowest BCUT2D eigenvalue weighted by Gasteiger charge is -2.26. The van der Waals surface area contributed by atoms with Gasteiger partial charge in [0, 0.05) is 30.8 Å². The van der Waals surface area contributed by atoms with E-state index < -0.39 is 5.76 Å². The van der Waals surface area contributed by atoms with E-state index in [-0.39, 0.29) is 5.78 Å². The minimum absolute atomic E-state index is 0.0943. The van der Waals surface area contributed by atoms with Crippen molar-refractivity contribution in [2.45, 2.75) is 20.0 Å². The summed E-state index contributed by atoms with van der Waals surface area (Å²) in [6.45, 7) is 6.65. The number of ketones is 1. The Labute approximate surface area is 192 Å². The van der Waals surface area contributed by atoms with Crippen LogP contribution in [0.15, 0.2) is 75.9 Å². The van der Waals surface area contributed by atoms with Gasteiger partial charge in [0.05, 0.1) is 25.3 Å². The molecule has 6 heteroatoms. The molecule has 0 bridgehead atoms. The van der Waals surface area contributed by atoms with Gasteiger partial charge in [-0.15, -0.1) is 0 Å². The molecular formula is C27H26N2O4. The Bertz CT molecular complexity index is 1340. The van der Waals surface area contributed by atoms with Crippen molar-refractivity contribution in [1.82, 2.24) is 9.47 Å². The van der Waals surface area contributed by atoms with Crippen LogP contribution in [0.4, 0.5) is 0 Å². The Kier molecular flexibility index (Phi) is 5.94. The van der Waals surface area contributed by atoms with E-state index in [9.17, 15) is 9.59 Å². The first kappa shape index (κ1) is 21.4. The van der Waals surface area contributed by atoms with Gasteiger partial charge in [0.15, 0.2) is 11.4 Å². The number of oxazole rings is 1. The number of rotatable bonds is 6. The summed E-state index contributed by atoms with van der Waals surface area (Å²) in [5.41, 5.74) is 5.55. The molecule has 4 aromatic rings. The van der Waals surface area contributed by atoms with Crippen LogP contribution in [0.25, 0.3) is 11.1 Å². The molecule has 1 saturated heterocycles. The van der Waals surface area contributed by atoms with Crippen LogP contribution in [0.2, 0.25) is 0 Å². The van der Waals surface area contributed by atoms with E-state index in [4.69, 9.17) is 9.15 Å². The quantitative estimate of drug-likeness (QED) is 0.422. The van der Waals surface area contributed by atoms with Crippen LogP contribution < -0.4 is 5.76 Å². The van der Waals surface area contributed by atoms with Crippen LogP contribution in [0, 0.1) is 6.92 Å². The third-order valence-electron chi connectivity index (χ3n) is 6.09. The molecule has 0 spiro atoms. The average Bonchev–Trinajstić information content (AvgIpc) is 3.14. The minimum Gasteiger partial charge on any atom is -0.408 e. The lowest BCUT2D eigenvalue weighted by molar-refractivity contribution is 0.0342. The molecule has 0 atom stereocenters. The molecule has 1 fully saturated rings. The number of hydrogen-bond donors (Lipinski definition) is 0. The summed E-state index contributed by atoms with van der Waals surface area (Å²) in [6.07, 6.45) is 0. The van der Waals surface area contributed by atoms with Gasteiger partial charge in [0.25, 0.3) is 0 Å². The zero-order valence-corrected chi connectivity index (χ0v) is 18.6. The molecule has 6 nitrogen and oxygen atoms in total. The van der Waals surface area contributed by atoms with E-state index >= 15 is 0 Å². The van der Waals surface area contributed by atoms with E-state index in [0.29, 0.717) is 28.8 Å². The SMILES string of the molecule is Cc1ccc(C(=O)c2ccc3c(c2)oc(=O)n3Cc2cccc(CN3CCOCC3)c2)cc1. The van der Waals surface area contributed by atoms with Gasteiger partial charge >= 0.3 is 5.76 Å². The first-order valence-corrected chi connectivity index (χ1v) is 11.2. The summed E-state index contributed by atoms with van der Waals surface area (Å²) in [4.78, 5) is 27.8. The van der Waals surface area contributed by atoms with Crippen LogP contribution in [0.3, 0.4) is 0 Å². The summed E-state index contributed by atoms with van der Waals surface area (Å²) in [5.74, 6) is -0.522. The number of fused-ring (bicyclic) bond motifs is 1. The number of aryl methyl sites for hydroxylation is 1. The highest BCUT2D eigenvalue weighted by molar-refractivity contribution is 6.10. The Morgan fingerprint density at radius 1 is 0.879 bits per heavy atom. The van der Waals surface area contributed by atoms with Gasteiger partial charge in [-0.3, -0.25) is 14.3 Å². The molecule has 3 aromatic carbocycles. The maximum Gasteiger partial charge on any atom is 0.420 e. The van der Waals surface area contributed by atoms with Crippen molar-refractivity contribution >= 4 is 16.9 Å². The van der Waals surface area contributed by atoms with Gasteiger partial charge in [-0.1, -0.05) is 54.1 Å². The van der Waals surface area contributed by atoms with Crippen molar-refractivity contribution in [3.05, 3.63) is 105 Å². The largest absolute Gasteiger partial charge is 0.420 e. The van der Waals surface area contributed by atoms with Crippen molar-refractivity contribution in [2.24, 2.45) is 0 Å². The highest BCUT2D eigenvalue weighted by Gasteiger charge is 2.15. The molecule has 0 amide bonds. The molecular weight excluding hydrogens is 416 g/mol. The summed E-state index contributed by atoms with van der Waals surface area (Å²) in [5, 5.41) is 0. The van der Waals surface area contributed by atoms with Crippen molar-refractivity contribution in [3.63, 3.8) is 0 Å². The van der Waals surface area contributed by atoms with Gasteiger partial charge in [0.1, 0.15) is 0 Å². The molecule has 2 heterocycles. The fourth-order valence-corrected chi connectivity index (χ4v) is 4.26. The number of hydrogen-bond acceptors (Lipinski definition) is 5. The molecule has 1 aliphatic heterocycles. The van der Waals surface area contributed by atoms with Gasteiger partial charge in [-0.25, -0.2) is 4.79 Å². The van der Waals surface area contributed by atoms with Crippen LogP contribution in [-0.4, -0.2) is 41.6 Å². The Balaban J connectivity index is 1.38. The fourth-order valence-electron chi connectivity index (χ4n) is 4.26. The highest BCUT2D eigenvalue weighted by Crippen LogP contribution is 2.20. The molecule has 0 N–H and O–H groups in total. The Morgan fingerprint density at radius 3 is 2.33 bits per heavy atom. The lowest BCUT2D eigenvalue weighted by atomic mass is 10.0. The normalized spacial score (nSPS) is 14.6. The van der Waals surface area contributed by atoms with Crippen LogP contribution in [-0.2, 0) is 17.8 Å². The number of ether oxygens (including phenoxy) is 1. The Hall–Kier alpha value is -3.48. The average molecular weight is 443 g/mol. The Morgan fingerprint density at radius 2 is 1.58 bits per heavy atom. The second-order valence-electron chi connectivity index (χ2n) is 8.54. The maximum absolute atomic E-state index is 12.8. The fraction of sp³-hybridized carbons (Fsp3) is 0.259. The first-order chi connectivity index (χ1) is 16.1. The predicted molar refractivity (Wildman–Crippen MR) is 127 cm³/mol. The smallest absolute Gasteiger partial charge is 0.408 e. The summed E-state index contributed by atoms with van der Waals surface area (Å²) in [7, 11) is 0. The van der Waals surface area contributed by atoms with Crippen LogP contribution in [0.1, 0.15) is 32.6 Å². The summed E-state index contributed by atoms with van der Waals surface area (Å²) < 4.78 is 12.5. The number of carbonyl (C=O) groups excluding carboxylic acids is 1. The minimum atomic E-state index is -0.427. The maximum atomic E-state index is 12.8. The van der Waals surface area contributed by atoms with E-state index in [1.165, 1.54) is 5.56 Å². The molecule has 0 aliphatic carbocycles. The topological polar surface area (TPSA) is 64.7 Å². The number of nitrogens with zero attached hydrogens (tertiary/aromatic N) is 2. The van der Waals surface area contributed by atoms with E-state index in [1.807, 2.05) is 43.3 Å². The zero-order chi connectivity index (χ0) is 22.8. The van der Waals surface area contributed by atoms with Crippen LogP contribution in [0.5, 0.6) is 0 Å². The molecule has 0 unspecified atom stereocenters. The number of aromatic nitrogens is 1. The van der Waals surface area contributed by atoms with E-state index in [2.05, 4.69) is 17.0 Å². The third kappa shape index (κ3) is 4.67. The summed E-state index contributed by atoms with van der Waals surface area (Å²) >= 11 is 0. The standard InChI is InChI=1S/C27H26N2O4/c1-19-5-7-22(8-6-19)26(30)23-9-10-24-25(16-23)33-27(31)29(24)18-21-4-2-3-20(15-21)17-28-11-13-32-14-12-28/h2-10,15-16H,11-14,17-18H2,1H3. The number of morpholine rings is 1. The van der Waals surface area contributed by atoms with Gasteiger partial charge < -0.3 is 9.15 Å². The molecule has 0 saturated carbocycles. The van der Waals surface area contributed by atoms with Gasteiger partial charge in [-0.2, -0.15) is 0 Å². The monoisotopic (exact) mass is 442 g/mol. The zero-order valence-electron chi connectivity index (χ0n) is 18.6. The molecule has 168 valence electrons. The van der Waals surface area contributed by atoms with Crippen molar-refractivity contribution in [1.29, 1.82) is 0 Å². The van der Waals surface area contributed by atoms with Gasteiger partial charge in [-0.05, 0) is 36.2 Å². The number of carbonyl (C=O) groups is 1. The predicted octanol–water partition coefficient (Wildman–Crippen LogP) is 4.01. The van der Waals surface area contributed by atoms with Crippen molar-refractivity contribution in [3.8, 4) is 0 Å². The van der Waals surface area contributed by atoms with Crippen LogP contribution >= 0.6 is 0 Å². The molecule has 1 aliphatic rings. The molecule has 0 radical (unpaired) electrons. The van der Waals surface area contributed by atoms with E-state index in [0.717, 1.165) is 44.0 Å². The second-order valence-corrected chi connectivity index (χ2v) is 8.54. The molecule has 1 aromatic heterocycles. The summed E-state index contributed by atoms with van der Waals surface area (Å²) in [6, 6.07) is 20.9. The van der Waals surface area contributed by atoms with Crippen molar-refractivity contribution in [2.75, 3.05) is 26.3 Å². The number of benzene rings is 3. The highest BCUT2D eigenvalue weighted by atomic mass is 16.5.